The van der Waals surface area contributed by atoms with E-state index in [9.17, 15) is 0 Å². The summed E-state index contributed by atoms with van der Waals surface area (Å²) in [6, 6.07) is 1.21. The maximum Gasteiger partial charge on any atom is 0.0951 e. The molecule has 1 N–H and O–H groups in total. The van der Waals surface area contributed by atoms with Crippen molar-refractivity contribution < 1.29 is 0 Å². The van der Waals surface area contributed by atoms with Gasteiger partial charge in [0.25, 0.3) is 0 Å². The normalized spacial score (nSPS) is 24.0. The molecule has 0 saturated heterocycles. The fraction of sp³-hybridized carbons (Fsp3) is 0.812. The van der Waals surface area contributed by atoms with Crippen LogP contribution >= 0.6 is 0 Å². The summed E-state index contributed by atoms with van der Waals surface area (Å²) >= 11 is 0. The molecule has 0 atom stereocenters. The van der Waals surface area contributed by atoms with Gasteiger partial charge < -0.3 is 9.88 Å². The SMILES string of the molecule is CCCC1CCC(n2cncc2CNC(C)C)CC1. The summed E-state index contributed by atoms with van der Waals surface area (Å²) in [5.74, 6) is 0.974. The summed E-state index contributed by atoms with van der Waals surface area (Å²) in [6.07, 6.45) is 12.3. The van der Waals surface area contributed by atoms with Crippen LogP contribution in [-0.4, -0.2) is 15.6 Å². The zero-order chi connectivity index (χ0) is 13.7. The quantitative estimate of drug-likeness (QED) is 0.843. The predicted molar refractivity (Wildman–Crippen MR) is 80.1 cm³/mol. The van der Waals surface area contributed by atoms with Gasteiger partial charge in [0.15, 0.2) is 0 Å². The average molecular weight is 263 g/mol. The largest absolute Gasteiger partial charge is 0.330 e. The number of hydrogen-bond donors (Lipinski definition) is 1. The lowest BCUT2D eigenvalue weighted by Gasteiger charge is -2.30. The minimum atomic E-state index is 0.531. The van der Waals surface area contributed by atoms with Gasteiger partial charge in [-0.15, -0.1) is 0 Å². The summed E-state index contributed by atoms with van der Waals surface area (Å²) in [5, 5.41) is 3.50. The van der Waals surface area contributed by atoms with E-state index in [1.165, 1.54) is 44.2 Å². The van der Waals surface area contributed by atoms with E-state index in [0.717, 1.165) is 12.5 Å². The molecule has 0 bridgehead atoms. The van der Waals surface area contributed by atoms with E-state index in [-0.39, 0.29) is 0 Å². The van der Waals surface area contributed by atoms with Crippen molar-refractivity contribution in [1.29, 1.82) is 0 Å². The molecule has 1 saturated carbocycles. The van der Waals surface area contributed by atoms with Crippen LogP contribution in [0.1, 0.15) is 71.0 Å². The lowest BCUT2D eigenvalue weighted by molar-refractivity contribution is 0.258. The topological polar surface area (TPSA) is 29.9 Å². The van der Waals surface area contributed by atoms with Crippen molar-refractivity contribution in [3.05, 3.63) is 18.2 Å². The average Bonchev–Trinajstić information content (AvgIpc) is 2.86. The van der Waals surface area contributed by atoms with E-state index in [0.29, 0.717) is 12.1 Å². The highest BCUT2D eigenvalue weighted by Gasteiger charge is 2.22. The lowest BCUT2D eigenvalue weighted by Crippen LogP contribution is -2.25. The summed E-state index contributed by atoms with van der Waals surface area (Å²) in [5.41, 5.74) is 1.34. The van der Waals surface area contributed by atoms with Gasteiger partial charge in [0, 0.05) is 24.8 Å². The minimum absolute atomic E-state index is 0.531. The maximum absolute atomic E-state index is 4.35. The number of imidazole rings is 1. The Labute approximate surface area is 117 Å². The van der Waals surface area contributed by atoms with Crippen molar-refractivity contribution in [3.63, 3.8) is 0 Å². The molecule has 1 aromatic rings. The Kier molecular flexibility index (Phi) is 5.44. The smallest absolute Gasteiger partial charge is 0.0951 e. The van der Waals surface area contributed by atoms with Crippen molar-refractivity contribution in [2.75, 3.05) is 0 Å². The highest BCUT2D eigenvalue weighted by molar-refractivity contribution is 5.01. The molecule has 19 heavy (non-hydrogen) atoms. The molecule has 0 radical (unpaired) electrons. The van der Waals surface area contributed by atoms with Crippen molar-refractivity contribution in [2.45, 2.75) is 77.9 Å². The van der Waals surface area contributed by atoms with Crippen LogP contribution in [0, 0.1) is 5.92 Å². The van der Waals surface area contributed by atoms with E-state index in [2.05, 4.69) is 35.6 Å². The van der Waals surface area contributed by atoms with Crippen LogP contribution in [-0.2, 0) is 6.54 Å². The van der Waals surface area contributed by atoms with Crippen LogP contribution in [0.3, 0.4) is 0 Å². The molecule has 0 unspecified atom stereocenters. The van der Waals surface area contributed by atoms with Gasteiger partial charge in [0.05, 0.1) is 12.0 Å². The monoisotopic (exact) mass is 263 g/mol. The molecular weight excluding hydrogens is 234 g/mol. The molecular formula is C16H29N3. The van der Waals surface area contributed by atoms with E-state index in [1.807, 2.05) is 12.5 Å². The van der Waals surface area contributed by atoms with Gasteiger partial charge in [0.1, 0.15) is 0 Å². The van der Waals surface area contributed by atoms with Crippen LogP contribution in [0.4, 0.5) is 0 Å². The Bertz CT molecular complexity index is 362. The predicted octanol–water partition coefficient (Wildman–Crippen LogP) is 3.91. The van der Waals surface area contributed by atoms with Gasteiger partial charge in [-0.3, -0.25) is 0 Å². The highest BCUT2D eigenvalue weighted by Crippen LogP contribution is 2.34. The Morgan fingerprint density at radius 1 is 1.32 bits per heavy atom. The minimum Gasteiger partial charge on any atom is -0.330 e. The van der Waals surface area contributed by atoms with Gasteiger partial charge in [-0.05, 0) is 31.6 Å². The summed E-state index contributed by atoms with van der Waals surface area (Å²) < 4.78 is 2.41. The Hall–Kier alpha value is -0.830. The first-order valence-electron chi connectivity index (χ1n) is 7.94. The maximum atomic E-state index is 4.35. The number of hydrogen-bond acceptors (Lipinski definition) is 2. The first-order chi connectivity index (χ1) is 9.20. The molecule has 3 heteroatoms. The second-order valence-electron chi connectivity index (χ2n) is 6.29. The number of aromatic nitrogens is 2. The van der Waals surface area contributed by atoms with E-state index in [4.69, 9.17) is 0 Å². The third-order valence-corrected chi connectivity index (χ3v) is 4.34. The van der Waals surface area contributed by atoms with Crippen molar-refractivity contribution in [3.8, 4) is 0 Å². The molecule has 1 fully saturated rings. The van der Waals surface area contributed by atoms with Gasteiger partial charge >= 0.3 is 0 Å². The molecule has 1 heterocycles. The molecule has 3 nitrogen and oxygen atoms in total. The molecule has 0 amide bonds. The van der Waals surface area contributed by atoms with Gasteiger partial charge in [-0.25, -0.2) is 4.98 Å². The number of nitrogens with one attached hydrogen (secondary N) is 1. The molecule has 2 rings (SSSR count). The third-order valence-electron chi connectivity index (χ3n) is 4.34. The van der Waals surface area contributed by atoms with E-state index >= 15 is 0 Å². The highest BCUT2D eigenvalue weighted by atomic mass is 15.1. The zero-order valence-electron chi connectivity index (χ0n) is 12.7. The van der Waals surface area contributed by atoms with Crippen molar-refractivity contribution >= 4 is 0 Å². The molecule has 0 aromatic carbocycles. The molecule has 1 aliphatic carbocycles. The molecule has 1 aliphatic rings. The summed E-state index contributed by atoms with van der Waals surface area (Å²) in [7, 11) is 0. The van der Waals surface area contributed by atoms with E-state index < -0.39 is 0 Å². The zero-order valence-corrected chi connectivity index (χ0v) is 12.7. The van der Waals surface area contributed by atoms with Crippen LogP contribution in [0.5, 0.6) is 0 Å². The standard InChI is InChI=1S/C16H29N3/c1-4-5-14-6-8-15(9-7-14)19-12-17-10-16(19)11-18-13(2)3/h10,12-15,18H,4-9,11H2,1-3H3. The van der Waals surface area contributed by atoms with E-state index in [1.54, 1.807) is 0 Å². The van der Waals surface area contributed by atoms with Crippen molar-refractivity contribution in [2.24, 2.45) is 5.92 Å². The van der Waals surface area contributed by atoms with Gasteiger partial charge in [-0.2, -0.15) is 0 Å². The van der Waals surface area contributed by atoms with Crippen molar-refractivity contribution in [1.82, 2.24) is 14.9 Å². The fourth-order valence-corrected chi connectivity index (χ4v) is 3.23. The Morgan fingerprint density at radius 2 is 2.05 bits per heavy atom. The number of nitrogens with zero attached hydrogens (tertiary/aromatic N) is 2. The first kappa shape index (κ1) is 14.6. The second-order valence-corrected chi connectivity index (χ2v) is 6.29. The van der Waals surface area contributed by atoms with Gasteiger partial charge in [0.2, 0.25) is 0 Å². The molecule has 1 aromatic heterocycles. The Balaban J connectivity index is 1.90. The molecule has 108 valence electrons. The lowest BCUT2D eigenvalue weighted by atomic mass is 9.83. The van der Waals surface area contributed by atoms with Crippen LogP contribution in [0.25, 0.3) is 0 Å². The number of rotatable bonds is 6. The van der Waals surface area contributed by atoms with Gasteiger partial charge in [-0.1, -0.05) is 33.6 Å². The summed E-state index contributed by atoms with van der Waals surface area (Å²) in [4.78, 5) is 4.35. The second kappa shape index (κ2) is 7.09. The Morgan fingerprint density at radius 3 is 2.68 bits per heavy atom. The third kappa shape index (κ3) is 4.07. The first-order valence-corrected chi connectivity index (χ1v) is 7.94. The molecule has 0 spiro atoms. The fourth-order valence-electron chi connectivity index (χ4n) is 3.23. The van der Waals surface area contributed by atoms with Crippen LogP contribution in [0.2, 0.25) is 0 Å². The summed E-state index contributed by atoms with van der Waals surface area (Å²) in [6.45, 7) is 7.62. The van der Waals surface area contributed by atoms with Crippen LogP contribution in [0.15, 0.2) is 12.5 Å². The van der Waals surface area contributed by atoms with Crippen LogP contribution < -0.4 is 5.32 Å². The molecule has 0 aliphatic heterocycles.